The summed E-state index contributed by atoms with van der Waals surface area (Å²) in [7, 11) is 0. The van der Waals surface area contributed by atoms with Gasteiger partial charge in [0.25, 0.3) is 5.56 Å². The highest BCUT2D eigenvalue weighted by Crippen LogP contribution is 2.28. The lowest BCUT2D eigenvalue weighted by atomic mass is 10.0. The molecule has 5 rings (SSSR count). The first-order valence-corrected chi connectivity index (χ1v) is 11.1. The second-order valence-electron chi connectivity index (χ2n) is 7.98. The largest absolute Gasteiger partial charge is 0.494 e. The van der Waals surface area contributed by atoms with Crippen LogP contribution in [0.25, 0.3) is 38.6 Å². The minimum atomic E-state index is -4.44. The van der Waals surface area contributed by atoms with E-state index in [4.69, 9.17) is 4.74 Å². The number of anilines is 1. The quantitative estimate of drug-likeness (QED) is 0.344. The van der Waals surface area contributed by atoms with Gasteiger partial charge in [0.05, 0.1) is 23.2 Å². The van der Waals surface area contributed by atoms with Gasteiger partial charge in [0.15, 0.2) is 0 Å². The number of fused-ring (bicyclic) bond motifs is 2. The van der Waals surface area contributed by atoms with E-state index >= 15 is 0 Å². The molecule has 0 unspecified atom stereocenters. The van der Waals surface area contributed by atoms with E-state index < -0.39 is 12.7 Å². The van der Waals surface area contributed by atoms with Gasteiger partial charge in [0.1, 0.15) is 12.3 Å². The second kappa shape index (κ2) is 9.29. The van der Waals surface area contributed by atoms with E-state index in [0.29, 0.717) is 29.0 Å². The molecule has 2 aromatic carbocycles. The average Bonchev–Trinajstić information content (AvgIpc) is 2.87. The Morgan fingerprint density at radius 2 is 1.83 bits per heavy atom. The topological polar surface area (TPSA) is 81.9 Å². The van der Waals surface area contributed by atoms with Crippen LogP contribution in [0.5, 0.6) is 5.75 Å². The van der Waals surface area contributed by atoms with Gasteiger partial charge in [-0.3, -0.25) is 14.3 Å². The first-order valence-electron chi connectivity index (χ1n) is 11.1. The van der Waals surface area contributed by atoms with Crippen molar-refractivity contribution >= 4 is 27.8 Å². The molecule has 0 aliphatic rings. The number of hydrogen-bond acceptors (Lipinski definition) is 6. The Labute approximate surface area is 203 Å². The molecular formula is C26H20F3N5O2. The van der Waals surface area contributed by atoms with E-state index in [9.17, 15) is 18.0 Å². The minimum absolute atomic E-state index is 0.221. The molecular weight excluding hydrogens is 471 g/mol. The van der Waals surface area contributed by atoms with Crippen molar-refractivity contribution in [3.63, 3.8) is 0 Å². The molecule has 182 valence electrons. The van der Waals surface area contributed by atoms with Crippen LogP contribution >= 0.6 is 0 Å². The van der Waals surface area contributed by atoms with Gasteiger partial charge in [0, 0.05) is 35.1 Å². The molecule has 3 heterocycles. The SMILES string of the molecule is CCOc1ccc(-c2c(=O)n(-c3ccc4ncccc4c3)cc3cnc(NCC(F)(F)F)nc23)cc1. The molecule has 0 saturated carbocycles. The predicted octanol–water partition coefficient (Wildman–Crippen LogP) is 5.37. The zero-order valence-electron chi connectivity index (χ0n) is 19.1. The van der Waals surface area contributed by atoms with Crippen molar-refractivity contribution < 1.29 is 17.9 Å². The Balaban J connectivity index is 1.71. The maximum Gasteiger partial charge on any atom is 0.405 e. The van der Waals surface area contributed by atoms with Crippen molar-refractivity contribution in [3.8, 4) is 22.6 Å². The summed E-state index contributed by atoms with van der Waals surface area (Å²) in [5.41, 5.74) is 2.03. The van der Waals surface area contributed by atoms with Gasteiger partial charge < -0.3 is 10.1 Å². The molecule has 0 atom stereocenters. The van der Waals surface area contributed by atoms with Gasteiger partial charge >= 0.3 is 6.18 Å². The van der Waals surface area contributed by atoms with Crippen molar-refractivity contribution in [2.75, 3.05) is 18.5 Å². The third-order valence-electron chi connectivity index (χ3n) is 5.52. The number of alkyl halides is 3. The molecule has 0 amide bonds. The van der Waals surface area contributed by atoms with E-state index in [-0.39, 0.29) is 22.6 Å². The molecule has 0 spiro atoms. The number of halogens is 3. The zero-order valence-corrected chi connectivity index (χ0v) is 19.1. The Morgan fingerprint density at radius 1 is 1.03 bits per heavy atom. The second-order valence-corrected chi connectivity index (χ2v) is 7.98. The molecule has 0 fully saturated rings. The van der Waals surface area contributed by atoms with Crippen molar-refractivity contribution in [1.82, 2.24) is 19.5 Å². The van der Waals surface area contributed by atoms with Gasteiger partial charge in [-0.2, -0.15) is 13.2 Å². The Hall–Kier alpha value is -4.47. The lowest BCUT2D eigenvalue weighted by molar-refractivity contribution is -0.115. The molecule has 0 saturated heterocycles. The van der Waals surface area contributed by atoms with E-state index in [0.717, 1.165) is 10.9 Å². The van der Waals surface area contributed by atoms with Crippen LogP contribution in [-0.2, 0) is 0 Å². The molecule has 10 heteroatoms. The van der Waals surface area contributed by atoms with Crippen LogP contribution in [-0.4, -0.2) is 38.8 Å². The van der Waals surface area contributed by atoms with Crippen molar-refractivity contribution in [2.45, 2.75) is 13.1 Å². The zero-order chi connectivity index (χ0) is 25.3. The first-order chi connectivity index (χ1) is 17.3. The maximum atomic E-state index is 13.8. The number of ether oxygens (including phenoxy) is 1. The minimum Gasteiger partial charge on any atom is -0.494 e. The molecule has 5 aromatic rings. The lowest BCUT2D eigenvalue weighted by Gasteiger charge is -2.14. The van der Waals surface area contributed by atoms with Gasteiger partial charge in [-0.05, 0) is 48.9 Å². The normalized spacial score (nSPS) is 11.7. The Kier molecular flexibility index (Phi) is 6.01. The highest BCUT2D eigenvalue weighted by Gasteiger charge is 2.27. The van der Waals surface area contributed by atoms with Gasteiger partial charge in [-0.15, -0.1) is 0 Å². The fraction of sp³-hybridized carbons (Fsp3) is 0.154. The van der Waals surface area contributed by atoms with Gasteiger partial charge in [-0.1, -0.05) is 18.2 Å². The van der Waals surface area contributed by atoms with Gasteiger partial charge in [0.2, 0.25) is 5.95 Å². The number of benzene rings is 2. The summed E-state index contributed by atoms with van der Waals surface area (Å²) in [5, 5.41) is 3.53. The van der Waals surface area contributed by atoms with E-state index in [2.05, 4.69) is 20.3 Å². The summed E-state index contributed by atoms with van der Waals surface area (Å²) in [4.78, 5) is 26.4. The summed E-state index contributed by atoms with van der Waals surface area (Å²) in [6, 6.07) is 16.1. The predicted molar refractivity (Wildman–Crippen MR) is 132 cm³/mol. The third-order valence-corrected chi connectivity index (χ3v) is 5.52. The van der Waals surface area contributed by atoms with Crippen LogP contribution in [0.2, 0.25) is 0 Å². The number of nitrogens with one attached hydrogen (secondary N) is 1. The number of nitrogens with zero attached hydrogens (tertiary/aromatic N) is 4. The first kappa shape index (κ1) is 23.3. The lowest BCUT2D eigenvalue weighted by Crippen LogP contribution is -2.23. The standard InChI is InChI=1S/C26H20F3N5O2/c1-2-36-20-8-5-16(6-9-20)22-23-18(13-31-25(33-23)32-15-26(27,28)29)14-34(24(22)35)19-7-10-21-17(12-19)4-3-11-30-21/h3-14H,2,15H2,1H3,(H,32,33). The number of pyridine rings is 2. The Morgan fingerprint density at radius 3 is 2.58 bits per heavy atom. The number of aromatic nitrogens is 4. The van der Waals surface area contributed by atoms with Crippen LogP contribution in [0.4, 0.5) is 19.1 Å². The van der Waals surface area contributed by atoms with Crippen molar-refractivity contribution in [2.24, 2.45) is 0 Å². The fourth-order valence-corrected chi connectivity index (χ4v) is 3.92. The van der Waals surface area contributed by atoms with Crippen LogP contribution in [0.3, 0.4) is 0 Å². The van der Waals surface area contributed by atoms with Crippen molar-refractivity contribution in [1.29, 1.82) is 0 Å². The molecule has 7 nitrogen and oxygen atoms in total. The number of hydrogen-bond donors (Lipinski definition) is 1. The van der Waals surface area contributed by atoms with Crippen LogP contribution in [0, 0.1) is 0 Å². The van der Waals surface area contributed by atoms with Crippen molar-refractivity contribution in [3.05, 3.63) is 83.5 Å². The molecule has 0 aliphatic heterocycles. The summed E-state index contributed by atoms with van der Waals surface area (Å²) in [6.07, 6.45) is 0.235. The third kappa shape index (κ3) is 4.70. The summed E-state index contributed by atoms with van der Waals surface area (Å²) < 4.78 is 45.2. The van der Waals surface area contributed by atoms with E-state index in [1.165, 1.54) is 10.8 Å². The van der Waals surface area contributed by atoms with E-state index in [1.807, 2.05) is 31.2 Å². The Bertz CT molecular complexity index is 1620. The monoisotopic (exact) mass is 491 g/mol. The molecule has 0 bridgehead atoms. The molecule has 0 aliphatic carbocycles. The number of rotatable bonds is 6. The summed E-state index contributed by atoms with van der Waals surface area (Å²) in [6.45, 7) is 1.06. The van der Waals surface area contributed by atoms with Crippen LogP contribution < -0.4 is 15.6 Å². The average molecular weight is 491 g/mol. The molecule has 36 heavy (non-hydrogen) atoms. The fourth-order valence-electron chi connectivity index (χ4n) is 3.92. The summed E-state index contributed by atoms with van der Waals surface area (Å²) in [5.74, 6) is 0.409. The molecule has 1 N–H and O–H groups in total. The maximum absolute atomic E-state index is 13.8. The molecule has 3 aromatic heterocycles. The van der Waals surface area contributed by atoms with Gasteiger partial charge in [-0.25, -0.2) is 9.97 Å². The highest BCUT2D eigenvalue weighted by atomic mass is 19.4. The smallest absolute Gasteiger partial charge is 0.405 e. The van der Waals surface area contributed by atoms with Crippen LogP contribution in [0.15, 0.2) is 78.0 Å². The molecule has 0 radical (unpaired) electrons. The highest BCUT2D eigenvalue weighted by molar-refractivity contribution is 5.93. The van der Waals surface area contributed by atoms with E-state index in [1.54, 1.807) is 42.7 Å². The van der Waals surface area contributed by atoms with Crippen LogP contribution in [0.1, 0.15) is 6.92 Å². The summed E-state index contributed by atoms with van der Waals surface area (Å²) >= 11 is 0.